The van der Waals surface area contributed by atoms with E-state index in [-0.39, 0.29) is 29.6 Å². The summed E-state index contributed by atoms with van der Waals surface area (Å²) in [4.78, 5) is 0. The van der Waals surface area contributed by atoms with Crippen LogP contribution < -0.4 is 34.9 Å². The molecule has 0 aromatic heterocycles. The third-order valence-electron chi connectivity index (χ3n) is 2.29. The molecule has 18 heavy (non-hydrogen) atoms. The first-order valence-corrected chi connectivity index (χ1v) is 8.22. The van der Waals surface area contributed by atoms with Crippen molar-refractivity contribution in [3.8, 4) is 0 Å². The topological polar surface area (TPSA) is 78.5 Å². The molecule has 0 fully saturated rings. The Labute approximate surface area is 137 Å². The fourth-order valence-corrected chi connectivity index (χ4v) is 2.51. The first kappa shape index (κ1) is 21.5. The van der Waals surface area contributed by atoms with Crippen LogP contribution in [0.4, 0.5) is 0 Å². The molecule has 0 aliphatic rings. The zero-order chi connectivity index (χ0) is 13.0. The Bertz CT molecular complexity index is 263. The van der Waals surface area contributed by atoms with Crippen LogP contribution in [-0.4, -0.2) is 32.3 Å². The van der Waals surface area contributed by atoms with Crippen LogP contribution in [0.1, 0.15) is 44.9 Å². The van der Waals surface area contributed by atoms with Gasteiger partial charge in [0, 0.05) is 17.8 Å². The van der Waals surface area contributed by atoms with Crippen LogP contribution in [0, 0.1) is 0 Å². The van der Waals surface area contributed by atoms with Crippen LogP contribution in [0.2, 0.25) is 0 Å². The van der Waals surface area contributed by atoms with Crippen molar-refractivity contribution >= 4 is 22.4 Å². The SMILES string of the molecule is CNCCCCCCCCCSOS(=O)(=O)[O-].[Na+]. The van der Waals surface area contributed by atoms with E-state index in [1.54, 1.807) is 0 Å². The second-order valence-electron chi connectivity index (χ2n) is 3.88. The fraction of sp³-hybridized carbons (Fsp3) is 1.00. The summed E-state index contributed by atoms with van der Waals surface area (Å²) in [6.45, 7) is 1.08. The molecule has 0 bridgehead atoms. The van der Waals surface area contributed by atoms with E-state index in [9.17, 15) is 13.0 Å². The standard InChI is InChI=1S/C10H23NO4S2.Na/c1-11-9-7-5-3-2-4-6-8-10-16-15-17(12,13)14;/h11H,2-10H2,1H3,(H,12,13,14);/q;+1/p-1. The molecule has 0 spiro atoms. The van der Waals surface area contributed by atoms with E-state index in [0.29, 0.717) is 5.75 Å². The van der Waals surface area contributed by atoms with Crippen molar-refractivity contribution in [1.82, 2.24) is 5.32 Å². The molecule has 0 aliphatic carbocycles. The van der Waals surface area contributed by atoms with E-state index in [2.05, 4.69) is 8.95 Å². The predicted molar refractivity (Wildman–Crippen MR) is 69.5 cm³/mol. The zero-order valence-electron chi connectivity index (χ0n) is 11.3. The van der Waals surface area contributed by atoms with Crippen LogP contribution in [0.15, 0.2) is 0 Å². The summed E-state index contributed by atoms with van der Waals surface area (Å²) >= 11 is 0.726. The number of unbranched alkanes of at least 4 members (excludes halogenated alkanes) is 6. The Hall–Kier alpha value is 1.18. The summed E-state index contributed by atoms with van der Waals surface area (Å²) in [5, 5.41) is 3.11. The molecule has 0 unspecified atom stereocenters. The van der Waals surface area contributed by atoms with Crippen LogP contribution in [0.25, 0.3) is 0 Å². The van der Waals surface area contributed by atoms with Gasteiger partial charge in [-0.25, -0.2) is 12.0 Å². The van der Waals surface area contributed by atoms with Gasteiger partial charge in [-0.15, -0.1) is 0 Å². The van der Waals surface area contributed by atoms with Gasteiger partial charge in [-0.1, -0.05) is 32.1 Å². The smallest absolute Gasteiger partial charge is 0.725 e. The van der Waals surface area contributed by atoms with Gasteiger partial charge in [0.2, 0.25) is 10.4 Å². The Morgan fingerprint density at radius 3 is 2.06 bits per heavy atom. The number of hydrogen-bond acceptors (Lipinski definition) is 6. The van der Waals surface area contributed by atoms with Crippen molar-refractivity contribution in [2.24, 2.45) is 0 Å². The largest absolute Gasteiger partial charge is 1.00 e. The molecule has 0 saturated heterocycles. The molecule has 0 heterocycles. The van der Waals surface area contributed by atoms with Crippen molar-refractivity contribution in [1.29, 1.82) is 0 Å². The maximum absolute atomic E-state index is 10.1. The van der Waals surface area contributed by atoms with E-state index in [4.69, 9.17) is 0 Å². The number of nitrogens with one attached hydrogen (secondary N) is 1. The first-order chi connectivity index (χ1) is 8.06. The molecule has 0 aromatic rings. The Kier molecular flexibility index (Phi) is 17.4. The van der Waals surface area contributed by atoms with Crippen LogP contribution >= 0.6 is 12.0 Å². The summed E-state index contributed by atoms with van der Waals surface area (Å²) in [5.41, 5.74) is 0. The first-order valence-electron chi connectivity index (χ1n) is 5.98. The molecular weight excluding hydrogens is 285 g/mol. The van der Waals surface area contributed by atoms with Gasteiger partial charge in [0.1, 0.15) is 0 Å². The molecule has 0 amide bonds. The molecule has 0 radical (unpaired) electrons. The zero-order valence-corrected chi connectivity index (χ0v) is 14.9. The summed E-state index contributed by atoms with van der Waals surface area (Å²) in [5.74, 6) is 0.557. The molecule has 1 N–H and O–H groups in total. The molecule has 104 valence electrons. The van der Waals surface area contributed by atoms with Crippen molar-refractivity contribution < 1.29 is 46.2 Å². The van der Waals surface area contributed by atoms with E-state index in [0.717, 1.165) is 37.8 Å². The van der Waals surface area contributed by atoms with E-state index < -0.39 is 10.4 Å². The molecule has 0 atom stereocenters. The van der Waals surface area contributed by atoms with Gasteiger partial charge < -0.3 is 9.87 Å². The normalized spacial score (nSPS) is 11.2. The molecule has 0 saturated carbocycles. The molecular formula is C10H22NNaO4S2. The van der Waals surface area contributed by atoms with Gasteiger partial charge in [-0.05, 0) is 26.4 Å². The minimum absolute atomic E-state index is 0. The maximum atomic E-state index is 10.1. The molecule has 0 rings (SSSR count). The van der Waals surface area contributed by atoms with Crippen LogP contribution in [0.5, 0.6) is 0 Å². The van der Waals surface area contributed by atoms with E-state index in [1.165, 1.54) is 25.7 Å². The third-order valence-corrected chi connectivity index (χ3v) is 3.79. The van der Waals surface area contributed by atoms with Gasteiger partial charge in [-0.2, -0.15) is 0 Å². The number of rotatable bonds is 12. The minimum Gasteiger partial charge on any atom is -0.725 e. The summed E-state index contributed by atoms with van der Waals surface area (Å²) < 4.78 is 34.3. The number of hydrogen-bond donors (Lipinski definition) is 1. The van der Waals surface area contributed by atoms with Gasteiger partial charge in [0.25, 0.3) is 0 Å². The monoisotopic (exact) mass is 307 g/mol. The Balaban J connectivity index is 0. The second-order valence-corrected chi connectivity index (χ2v) is 5.88. The van der Waals surface area contributed by atoms with Crippen molar-refractivity contribution in [3.05, 3.63) is 0 Å². The summed E-state index contributed by atoms with van der Waals surface area (Å²) in [6.07, 6.45) is 8.05. The predicted octanol–water partition coefficient (Wildman–Crippen LogP) is -0.934. The molecule has 5 nitrogen and oxygen atoms in total. The van der Waals surface area contributed by atoms with Gasteiger partial charge >= 0.3 is 29.6 Å². The van der Waals surface area contributed by atoms with Gasteiger partial charge in [0.05, 0.1) is 0 Å². The van der Waals surface area contributed by atoms with E-state index in [1.807, 2.05) is 7.05 Å². The molecule has 8 heteroatoms. The van der Waals surface area contributed by atoms with Gasteiger partial charge in [-0.3, -0.25) is 0 Å². The third kappa shape index (κ3) is 19.5. The Morgan fingerprint density at radius 1 is 1.06 bits per heavy atom. The summed E-state index contributed by atoms with van der Waals surface area (Å²) in [6, 6.07) is 0. The second kappa shape index (κ2) is 14.6. The molecule has 0 aliphatic heterocycles. The fourth-order valence-electron chi connectivity index (χ4n) is 1.44. The van der Waals surface area contributed by atoms with Crippen LogP contribution in [-0.2, 0) is 14.0 Å². The van der Waals surface area contributed by atoms with Crippen LogP contribution in [0.3, 0.4) is 0 Å². The van der Waals surface area contributed by atoms with E-state index >= 15 is 0 Å². The average molecular weight is 307 g/mol. The maximum Gasteiger partial charge on any atom is 1.00 e. The Morgan fingerprint density at radius 2 is 1.56 bits per heavy atom. The van der Waals surface area contributed by atoms with Gasteiger partial charge in [0.15, 0.2) is 0 Å². The average Bonchev–Trinajstić information content (AvgIpc) is 2.24. The van der Waals surface area contributed by atoms with Crippen molar-refractivity contribution in [2.45, 2.75) is 44.9 Å². The minimum atomic E-state index is -4.53. The summed E-state index contributed by atoms with van der Waals surface area (Å²) in [7, 11) is -2.57. The molecule has 0 aromatic carbocycles. The quantitative estimate of drug-likeness (QED) is 0.165. The van der Waals surface area contributed by atoms with Crippen molar-refractivity contribution in [3.63, 3.8) is 0 Å². The van der Waals surface area contributed by atoms with Crippen molar-refractivity contribution in [2.75, 3.05) is 19.3 Å².